The lowest BCUT2D eigenvalue weighted by Gasteiger charge is -2.20. The smallest absolute Gasteiger partial charge is 0.462 e. The summed E-state index contributed by atoms with van der Waals surface area (Å²) in [6.45, 7) is 4.42. The lowest BCUT2D eigenvalue weighted by atomic mass is 10.0. The van der Waals surface area contributed by atoms with Gasteiger partial charge in [-0.2, -0.15) is 0 Å². The number of ether oxygens (including phenoxy) is 2. The highest BCUT2D eigenvalue weighted by molar-refractivity contribution is 7.47. The van der Waals surface area contributed by atoms with E-state index in [-0.39, 0.29) is 19.4 Å². The highest BCUT2D eigenvalue weighted by Crippen LogP contribution is 2.43. The number of phosphoric acid groups is 1. The van der Waals surface area contributed by atoms with Crippen LogP contribution >= 0.6 is 7.82 Å². The molecule has 0 aromatic heterocycles. The summed E-state index contributed by atoms with van der Waals surface area (Å²) < 4.78 is 32.7. The molecule has 4 atom stereocenters. The minimum atomic E-state index is -4.64. The minimum Gasteiger partial charge on any atom is -0.462 e. The third kappa shape index (κ3) is 42.3. The van der Waals surface area contributed by atoms with E-state index < -0.39 is 57.9 Å². The fourth-order valence-corrected chi connectivity index (χ4v) is 6.91. The molecule has 2 unspecified atom stereocenters. The third-order valence-corrected chi connectivity index (χ3v) is 10.6. The Labute approximate surface area is 364 Å². The lowest BCUT2D eigenvalue weighted by molar-refractivity contribution is -0.161. The summed E-state index contributed by atoms with van der Waals surface area (Å²) in [4.78, 5) is 35.0. The minimum absolute atomic E-state index is 0.144. The molecular formula is C48H85O11P. The van der Waals surface area contributed by atoms with Crippen LogP contribution in [0.2, 0.25) is 0 Å². The average Bonchev–Trinajstić information content (AvgIpc) is 3.22. The third-order valence-electron chi connectivity index (χ3n) is 9.69. The molecule has 0 aliphatic rings. The van der Waals surface area contributed by atoms with Crippen molar-refractivity contribution >= 4 is 19.8 Å². The summed E-state index contributed by atoms with van der Waals surface area (Å²) in [5, 5.41) is 28.1. The molecule has 0 amide bonds. The van der Waals surface area contributed by atoms with Gasteiger partial charge in [0.05, 0.1) is 25.9 Å². The fourth-order valence-electron chi connectivity index (χ4n) is 6.12. The van der Waals surface area contributed by atoms with Gasteiger partial charge < -0.3 is 29.7 Å². The van der Waals surface area contributed by atoms with E-state index >= 15 is 0 Å². The van der Waals surface area contributed by atoms with Gasteiger partial charge in [-0.15, -0.1) is 0 Å². The predicted molar refractivity (Wildman–Crippen MR) is 243 cm³/mol. The molecular weight excluding hydrogens is 783 g/mol. The Morgan fingerprint density at radius 2 is 1.13 bits per heavy atom. The second-order valence-electron chi connectivity index (χ2n) is 16.1. The molecule has 0 aromatic carbocycles. The van der Waals surface area contributed by atoms with Crippen molar-refractivity contribution in [1.29, 1.82) is 0 Å². The van der Waals surface area contributed by atoms with Gasteiger partial charge in [0.1, 0.15) is 12.7 Å². The summed E-state index contributed by atoms with van der Waals surface area (Å²) in [6, 6.07) is 0. The molecule has 0 rings (SSSR count). The molecule has 4 N–H and O–H groups in total. The number of rotatable bonds is 42. The van der Waals surface area contributed by atoms with Crippen LogP contribution in [0.25, 0.3) is 0 Å². The number of aliphatic hydroxyl groups excluding tert-OH is 3. The molecule has 0 radical (unpaired) electrons. The lowest BCUT2D eigenvalue weighted by Crippen LogP contribution is -2.29. The van der Waals surface area contributed by atoms with Gasteiger partial charge in [-0.3, -0.25) is 18.6 Å². The van der Waals surface area contributed by atoms with E-state index in [0.29, 0.717) is 25.7 Å². The summed E-state index contributed by atoms with van der Waals surface area (Å²) >= 11 is 0. The Balaban J connectivity index is 4.35. The zero-order valence-electron chi connectivity index (χ0n) is 37.7. The van der Waals surface area contributed by atoms with E-state index in [0.717, 1.165) is 44.4 Å². The topological polar surface area (TPSA) is 169 Å². The molecule has 0 spiro atoms. The number of aliphatic hydroxyl groups is 3. The molecule has 0 aliphatic heterocycles. The van der Waals surface area contributed by atoms with Crippen molar-refractivity contribution in [2.75, 3.05) is 26.4 Å². The van der Waals surface area contributed by atoms with Crippen molar-refractivity contribution in [2.45, 2.75) is 200 Å². The Morgan fingerprint density at radius 1 is 0.617 bits per heavy atom. The van der Waals surface area contributed by atoms with E-state index in [9.17, 15) is 29.3 Å². The normalized spacial score (nSPS) is 14.9. The zero-order valence-corrected chi connectivity index (χ0v) is 38.6. The van der Waals surface area contributed by atoms with E-state index in [1.54, 1.807) is 0 Å². The molecule has 0 aliphatic carbocycles. The van der Waals surface area contributed by atoms with Gasteiger partial charge >= 0.3 is 19.8 Å². The van der Waals surface area contributed by atoms with E-state index in [4.69, 9.17) is 19.1 Å². The van der Waals surface area contributed by atoms with Crippen LogP contribution in [-0.2, 0) is 32.7 Å². The van der Waals surface area contributed by atoms with Crippen LogP contribution in [0, 0.1) is 5.92 Å². The predicted octanol–water partition coefficient (Wildman–Crippen LogP) is 11.5. The second-order valence-corrected chi connectivity index (χ2v) is 17.5. The Hall–Kier alpha value is -2.37. The Morgan fingerprint density at radius 3 is 1.72 bits per heavy atom. The Kier molecular flexibility index (Phi) is 40.3. The van der Waals surface area contributed by atoms with Crippen molar-refractivity contribution in [3.05, 3.63) is 60.8 Å². The first-order chi connectivity index (χ1) is 29.0. The van der Waals surface area contributed by atoms with Crippen LogP contribution in [-0.4, -0.2) is 76.9 Å². The number of carbonyl (C=O) groups is 2. The van der Waals surface area contributed by atoms with Gasteiger partial charge in [-0.05, 0) is 50.9 Å². The number of hydrogen-bond donors (Lipinski definition) is 4. The molecule has 0 saturated heterocycles. The molecule has 0 fully saturated rings. The number of phosphoric ester groups is 1. The maximum atomic E-state index is 12.6. The average molecular weight is 869 g/mol. The quantitative estimate of drug-likeness (QED) is 0.0151. The fraction of sp³-hybridized carbons (Fsp3) is 0.750. The van der Waals surface area contributed by atoms with Crippen molar-refractivity contribution in [2.24, 2.45) is 5.92 Å². The largest absolute Gasteiger partial charge is 0.472 e. The number of unbranched alkanes of at least 4 members (excludes halogenated alkanes) is 16. The first-order valence-electron chi connectivity index (χ1n) is 23.2. The van der Waals surface area contributed by atoms with Gasteiger partial charge in [0.2, 0.25) is 0 Å². The van der Waals surface area contributed by atoms with Crippen LogP contribution in [0.15, 0.2) is 60.8 Å². The standard InChI is InChI=1S/C48H85O11P/c1-4-5-35-44(50)36-31-27-23-19-15-12-13-16-20-24-28-32-37-47(52)56-41-46(42-58-60(54,55)57-40-45(51)39-49)59-48(53)38-33-29-25-21-17-11-9-7-6-8-10-14-18-22-26-30-34-43(2)3/h5,12-13,19-20,23-24,27,31,35,43-46,49-51H,4,6-11,14-18,21-22,25-26,28-30,32-34,36-42H2,1-3H3,(H,54,55)/b13-12-,23-19-,24-20-,31-27+,35-5-/t44?,45-,46+/m0/s1. The van der Waals surface area contributed by atoms with Crippen molar-refractivity contribution in [3.8, 4) is 0 Å². The van der Waals surface area contributed by atoms with Crippen LogP contribution in [0.1, 0.15) is 181 Å². The van der Waals surface area contributed by atoms with Crippen LogP contribution in [0.5, 0.6) is 0 Å². The molecule has 12 heteroatoms. The van der Waals surface area contributed by atoms with Crippen LogP contribution < -0.4 is 0 Å². The molecule has 11 nitrogen and oxygen atoms in total. The van der Waals surface area contributed by atoms with E-state index in [1.165, 1.54) is 83.5 Å². The van der Waals surface area contributed by atoms with Gasteiger partial charge in [-0.25, -0.2) is 4.57 Å². The van der Waals surface area contributed by atoms with E-state index in [2.05, 4.69) is 30.5 Å². The molecule has 0 heterocycles. The number of hydrogen-bond acceptors (Lipinski definition) is 10. The zero-order chi connectivity index (χ0) is 44.4. The summed E-state index contributed by atoms with van der Waals surface area (Å²) in [5.41, 5.74) is 0. The summed E-state index contributed by atoms with van der Waals surface area (Å²) in [5.74, 6) is -0.188. The number of esters is 2. The van der Waals surface area contributed by atoms with E-state index in [1.807, 2.05) is 55.5 Å². The first kappa shape index (κ1) is 57.6. The molecule has 348 valence electrons. The van der Waals surface area contributed by atoms with Crippen LogP contribution in [0.3, 0.4) is 0 Å². The molecule has 0 aromatic rings. The maximum Gasteiger partial charge on any atom is 0.472 e. The molecule has 0 saturated carbocycles. The van der Waals surface area contributed by atoms with Gasteiger partial charge in [0.15, 0.2) is 6.10 Å². The summed E-state index contributed by atoms with van der Waals surface area (Å²) in [6.07, 6.45) is 42.5. The van der Waals surface area contributed by atoms with Crippen molar-refractivity contribution in [1.82, 2.24) is 0 Å². The van der Waals surface area contributed by atoms with Crippen molar-refractivity contribution < 1.29 is 52.9 Å². The number of allylic oxidation sites excluding steroid dienone is 8. The number of carbonyl (C=O) groups excluding carboxylic acids is 2. The molecule has 60 heavy (non-hydrogen) atoms. The highest BCUT2D eigenvalue weighted by Gasteiger charge is 2.27. The second kappa shape index (κ2) is 42.0. The highest BCUT2D eigenvalue weighted by atomic mass is 31.2. The molecule has 0 bridgehead atoms. The monoisotopic (exact) mass is 869 g/mol. The summed E-state index contributed by atoms with van der Waals surface area (Å²) in [7, 11) is -4.64. The van der Waals surface area contributed by atoms with Crippen molar-refractivity contribution in [3.63, 3.8) is 0 Å². The van der Waals surface area contributed by atoms with Gasteiger partial charge in [-0.1, -0.05) is 184 Å². The Bertz CT molecular complexity index is 1210. The SMILES string of the molecule is CC/C=C\C(O)C/C=C/C=C\C/C=C\C/C=C\CCCC(=O)OC[C@H](COP(=O)(O)OC[C@@H](O)CO)OC(=O)CCCCCCCCCCCCCCCCCCC(C)C. The van der Waals surface area contributed by atoms with Crippen LogP contribution in [0.4, 0.5) is 0 Å². The van der Waals surface area contributed by atoms with Gasteiger partial charge in [0.25, 0.3) is 0 Å². The van der Waals surface area contributed by atoms with Gasteiger partial charge in [0, 0.05) is 12.8 Å². The maximum absolute atomic E-state index is 12.6. The first-order valence-corrected chi connectivity index (χ1v) is 24.7.